The smallest absolute Gasteiger partial charge is 0.227 e. The number of nitrogens with zero attached hydrogens (tertiary/aromatic N) is 2. The summed E-state index contributed by atoms with van der Waals surface area (Å²) in [5, 5.41) is 11.2. The van der Waals surface area contributed by atoms with E-state index in [4.69, 9.17) is 4.74 Å². The molecule has 1 fully saturated rings. The third kappa shape index (κ3) is 4.84. The predicted molar refractivity (Wildman–Crippen MR) is 102 cm³/mol. The van der Waals surface area contributed by atoms with Crippen molar-refractivity contribution in [2.75, 3.05) is 39.3 Å². The van der Waals surface area contributed by atoms with E-state index in [2.05, 4.69) is 9.88 Å². The summed E-state index contributed by atoms with van der Waals surface area (Å²) in [6, 6.07) is 8.06. The Kier molecular flexibility index (Phi) is 6.29. The van der Waals surface area contributed by atoms with Gasteiger partial charge < -0.3 is 19.7 Å². The molecule has 0 aliphatic carbocycles. The van der Waals surface area contributed by atoms with E-state index in [0.717, 1.165) is 29.6 Å². The number of piperazine rings is 1. The van der Waals surface area contributed by atoms with E-state index < -0.39 is 6.10 Å². The molecule has 2 aromatic rings. The van der Waals surface area contributed by atoms with Crippen molar-refractivity contribution in [2.45, 2.75) is 32.5 Å². The second-order valence-electron chi connectivity index (χ2n) is 7.25. The maximum absolute atomic E-state index is 12.6. The predicted octanol–water partition coefficient (Wildman–Crippen LogP) is 1.64. The monoisotopic (exact) mass is 359 g/mol. The molecule has 6 nitrogen and oxygen atoms in total. The summed E-state index contributed by atoms with van der Waals surface area (Å²) >= 11 is 0. The van der Waals surface area contributed by atoms with Gasteiger partial charge >= 0.3 is 0 Å². The number of rotatable bonds is 7. The molecule has 0 bridgehead atoms. The lowest BCUT2D eigenvalue weighted by atomic mass is 10.1. The molecule has 1 aromatic heterocycles. The van der Waals surface area contributed by atoms with Crippen molar-refractivity contribution in [3.63, 3.8) is 0 Å². The van der Waals surface area contributed by atoms with Crippen LogP contribution in [0.4, 0.5) is 0 Å². The van der Waals surface area contributed by atoms with Crippen LogP contribution in [-0.2, 0) is 16.0 Å². The number of fused-ring (bicyclic) bond motifs is 1. The van der Waals surface area contributed by atoms with Gasteiger partial charge in [-0.2, -0.15) is 0 Å². The third-order valence-corrected chi connectivity index (χ3v) is 4.83. The fourth-order valence-electron chi connectivity index (χ4n) is 3.39. The molecule has 1 aliphatic rings. The second-order valence-corrected chi connectivity index (χ2v) is 7.25. The van der Waals surface area contributed by atoms with E-state index >= 15 is 0 Å². The zero-order chi connectivity index (χ0) is 18.5. The largest absolute Gasteiger partial charge is 0.389 e. The molecule has 0 saturated carbocycles. The maximum Gasteiger partial charge on any atom is 0.227 e. The maximum atomic E-state index is 12.6. The number of hydrogen-bond donors (Lipinski definition) is 2. The number of hydrogen-bond acceptors (Lipinski definition) is 4. The first-order valence-electron chi connectivity index (χ1n) is 9.37. The molecule has 0 unspecified atom stereocenters. The van der Waals surface area contributed by atoms with Crippen LogP contribution in [0, 0.1) is 0 Å². The van der Waals surface area contributed by atoms with Crippen molar-refractivity contribution in [2.24, 2.45) is 0 Å². The van der Waals surface area contributed by atoms with Gasteiger partial charge in [-0.15, -0.1) is 0 Å². The highest BCUT2D eigenvalue weighted by atomic mass is 16.5. The SMILES string of the molecule is CC(C)OC[C@H](O)CN1CCN(C(=O)Cc2c[nH]c3ccccc23)CC1. The van der Waals surface area contributed by atoms with Crippen molar-refractivity contribution in [3.05, 3.63) is 36.0 Å². The first-order chi connectivity index (χ1) is 12.5. The number of nitrogens with one attached hydrogen (secondary N) is 1. The number of H-pyrrole nitrogens is 1. The number of aromatic amines is 1. The van der Waals surface area contributed by atoms with Crippen LogP contribution < -0.4 is 0 Å². The van der Waals surface area contributed by atoms with Gasteiger partial charge in [0.05, 0.1) is 25.2 Å². The molecule has 26 heavy (non-hydrogen) atoms. The van der Waals surface area contributed by atoms with Gasteiger partial charge in [-0.05, 0) is 25.5 Å². The number of aromatic nitrogens is 1. The van der Waals surface area contributed by atoms with E-state index in [1.54, 1.807) is 0 Å². The highest BCUT2D eigenvalue weighted by Gasteiger charge is 2.23. The molecule has 1 saturated heterocycles. The standard InChI is InChI=1S/C20H29N3O3/c1-15(2)26-14-17(24)13-22-7-9-23(10-8-22)20(25)11-16-12-21-19-6-4-3-5-18(16)19/h3-6,12,15,17,21,24H,7-11,13-14H2,1-2H3/t17-/m1/s1. The van der Waals surface area contributed by atoms with Crippen LogP contribution in [0.3, 0.4) is 0 Å². The number of β-amino-alcohol motifs (C(OH)–C–C–N with tert-alkyl or cyclic N) is 1. The van der Waals surface area contributed by atoms with E-state index in [0.29, 0.717) is 32.7 Å². The first kappa shape index (κ1) is 18.9. The Morgan fingerprint density at radius 1 is 1.23 bits per heavy atom. The number of aliphatic hydroxyl groups excluding tert-OH is 1. The van der Waals surface area contributed by atoms with Crippen LogP contribution in [0.2, 0.25) is 0 Å². The Morgan fingerprint density at radius 2 is 1.96 bits per heavy atom. The molecular formula is C20H29N3O3. The zero-order valence-corrected chi connectivity index (χ0v) is 15.6. The first-order valence-corrected chi connectivity index (χ1v) is 9.37. The normalized spacial score (nSPS) is 17.2. The average molecular weight is 359 g/mol. The van der Waals surface area contributed by atoms with Gasteiger partial charge in [0, 0.05) is 49.8 Å². The topological polar surface area (TPSA) is 68.8 Å². The van der Waals surface area contributed by atoms with Crippen molar-refractivity contribution in [1.82, 2.24) is 14.8 Å². The molecule has 1 amide bonds. The van der Waals surface area contributed by atoms with E-state index in [-0.39, 0.29) is 12.0 Å². The van der Waals surface area contributed by atoms with Gasteiger partial charge in [-0.3, -0.25) is 9.69 Å². The number of carbonyl (C=O) groups excluding carboxylic acids is 1. The number of benzene rings is 1. The average Bonchev–Trinajstić information content (AvgIpc) is 3.04. The summed E-state index contributed by atoms with van der Waals surface area (Å²) in [6.45, 7) is 7.87. The summed E-state index contributed by atoms with van der Waals surface area (Å²) in [5.41, 5.74) is 2.12. The summed E-state index contributed by atoms with van der Waals surface area (Å²) in [6.07, 6.45) is 2.01. The molecule has 6 heteroatoms. The van der Waals surface area contributed by atoms with Gasteiger partial charge in [0.15, 0.2) is 0 Å². The molecule has 0 spiro atoms. The van der Waals surface area contributed by atoms with Crippen LogP contribution in [0.1, 0.15) is 19.4 Å². The second kappa shape index (κ2) is 8.66. The van der Waals surface area contributed by atoms with Crippen molar-refractivity contribution in [1.29, 1.82) is 0 Å². The minimum absolute atomic E-state index is 0.128. The van der Waals surface area contributed by atoms with Gasteiger partial charge in [-0.1, -0.05) is 18.2 Å². The van der Waals surface area contributed by atoms with Crippen LogP contribution in [-0.4, -0.2) is 77.3 Å². The number of para-hydroxylation sites is 1. The lowest BCUT2D eigenvalue weighted by Crippen LogP contribution is -2.51. The number of ether oxygens (including phenoxy) is 1. The van der Waals surface area contributed by atoms with Crippen LogP contribution in [0.25, 0.3) is 10.9 Å². The molecule has 2 heterocycles. The van der Waals surface area contributed by atoms with E-state index in [1.807, 2.05) is 49.2 Å². The lowest BCUT2D eigenvalue weighted by Gasteiger charge is -2.35. The van der Waals surface area contributed by atoms with Crippen molar-refractivity contribution >= 4 is 16.8 Å². The quantitative estimate of drug-likeness (QED) is 0.789. The van der Waals surface area contributed by atoms with Gasteiger partial charge in [0.25, 0.3) is 0 Å². The molecule has 1 aliphatic heterocycles. The van der Waals surface area contributed by atoms with Crippen LogP contribution >= 0.6 is 0 Å². The zero-order valence-electron chi connectivity index (χ0n) is 15.6. The number of aliphatic hydroxyl groups is 1. The summed E-state index contributed by atoms with van der Waals surface area (Å²) < 4.78 is 5.45. The molecule has 1 atom stereocenters. The fraction of sp³-hybridized carbons (Fsp3) is 0.550. The summed E-state index contributed by atoms with van der Waals surface area (Å²) in [5.74, 6) is 0.165. The molecule has 0 radical (unpaired) electrons. The Labute approximate surface area is 154 Å². The molecule has 142 valence electrons. The van der Waals surface area contributed by atoms with Gasteiger partial charge in [0.2, 0.25) is 5.91 Å². The Morgan fingerprint density at radius 3 is 2.69 bits per heavy atom. The van der Waals surface area contributed by atoms with Crippen molar-refractivity contribution in [3.8, 4) is 0 Å². The van der Waals surface area contributed by atoms with E-state index in [9.17, 15) is 9.90 Å². The van der Waals surface area contributed by atoms with Crippen LogP contribution in [0.15, 0.2) is 30.5 Å². The third-order valence-electron chi connectivity index (χ3n) is 4.83. The summed E-state index contributed by atoms with van der Waals surface area (Å²) in [4.78, 5) is 20.0. The number of amides is 1. The molecule has 3 rings (SSSR count). The Hall–Kier alpha value is -1.89. The minimum atomic E-state index is -0.481. The number of carbonyl (C=O) groups is 1. The minimum Gasteiger partial charge on any atom is -0.389 e. The van der Waals surface area contributed by atoms with E-state index in [1.165, 1.54) is 0 Å². The molecule has 2 N–H and O–H groups in total. The van der Waals surface area contributed by atoms with Gasteiger partial charge in [-0.25, -0.2) is 0 Å². The highest BCUT2D eigenvalue weighted by molar-refractivity contribution is 5.88. The van der Waals surface area contributed by atoms with Crippen molar-refractivity contribution < 1.29 is 14.6 Å². The Bertz CT molecular complexity index is 720. The Balaban J connectivity index is 1.46. The molecule has 1 aromatic carbocycles. The molecular weight excluding hydrogens is 330 g/mol. The fourth-order valence-corrected chi connectivity index (χ4v) is 3.39. The van der Waals surface area contributed by atoms with Gasteiger partial charge in [0.1, 0.15) is 0 Å². The highest BCUT2D eigenvalue weighted by Crippen LogP contribution is 2.19. The summed E-state index contributed by atoms with van der Waals surface area (Å²) in [7, 11) is 0. The lowest BCUT2D eigenvalue weighted by molar-refractivity contribution is -0.132. The van der Waals surface area contributed by atoms with Crippen LogP contribution in [0.5, 0.6) is 0 Å².